The summed E-state index contributed by atoms with van der Waals surface area (Å²) in [5.41, 5.74) is 1.23. The van der Waals surface area contributed by atoms with E-state index < -0.39 is 10.0 Å². The van der Waals surface area contributed by atoms with Crippen LogP contribution in [0.2, 0.25) is 0 Å². The molecule has 0 aliphatic carbocycles. The van der Waals surface area contributed by atoms with E-state index in [4.69, 9.17) is 0 Å². The van der Waals surface area contributed by atoms with Crippen LogP contribution in [0.1, 0.15) is 25.7 Å². The van der Waals surface area contributed by atoms with Crippen molar-refractivity contribution in [1.29, 1.82) is 0 Å². The summed E-state index contributed by atoms with van der Waals surface area (Å²) in [6.45, 7) is 2.10. The van der Waals surface area contributed by atoms with E-state index in [0.717, 1.165) is 31.4 Å². The molecule has 0 bridgehead atoms. The minimum Gasteiger partial charge on any atom is -0.383 e. The number of hydrogen-bond donors (Lipinski definition) is 1. The smallest absolute Gasteiger partial charge is 0.350 e. The fraction of sp³-hybridized carbons (Fsp3) is 0.400. The maximum absolute atomic E-state index is 12.8. The van der Waals surface area contributed by atoms with Gasteiger partial charge >= 0.3 is 5.69 Å². The van der Waals surface area contributed by atoms with Gasteiger partial charge in [0.25, 0.3) is 0 Å². The van der Waals surface area contributed by atoms with Gasteiger partial charge in [0.05, 0.1) is 11.4 Å². The van der Waals surface area contributed by atoms with Gasteiger partial charge < -0.3 is 5.32 Å². The van der Waals surface area contributed by atoms with Crippen molar-refractivity contribution in [2.24, 2.45) is 0 Å². The third-order valence-corrected chi connectivity index (χ3v) is 7.11. The quantitative estimate of drug-likeness (QED) is 0.667. The van der Waals surface area contributed by atoms with Crippen molar-refractivity contribution >= 4 is 21.4 Å². The minimum absolute atomic E-state index is 0.179. The number of aromatic nitrogens is 3. The number of nitrogens with zero attached hydrogens (tertiary/aromatic N) is 4. The second-order valence-electron chi connectivity index (χ2n) is 7.20. The number of pyridine rings is 1. The van der Waals surface area contributed by atoms with Crippen LogP contribution in [0.25, 0.3) is 5.65 Å². The first kappa shape index (κ1) is 19.7. The Kier molecular flexibility index (Phi) is 5.68. The standard InChI is InChI=1S/C20H25N5O3S/c26-20-24-15-6-3-7-19(24)22-25(20)16-12-21-17-8-10-18(11-9-17)29(27,28)23-13-4-1-2-5-14-23/h3,6-11,15,21H,1-2,4-5,12-14,16H2. The van der Waals surface area contributed by atoms with Crippen LogP contribution >= 0.6 is 0 Å². The van der Waals surface area contributed by atoms with E-state index in [9.17, 15) is 13.2 Å². The summed E-state index contributed by atoms with van der Waals surface area (Å²) >= 11 is 0. The van der Waals surface area contributed by atoms with Gasteiger partial charge in [-0.05, 0) is 49.2 Å². The van der Waals surface area contributed by atoms with Crippen LogP contribution in [-0.4, -0.2) is 46.5 Å². The van der Waals surface area contributed by atoms with Gasteiger partial charge in [-0.1, -0.05) is 18.9 Å². The molecule has 0 atom stereocenters. The second kappa shape index (κ2) is 8.38. The number of sulfonamides is 1. The van der Waals surface area contributed by atoms with E-state index in [2.05, 4.69) is 10.4 Å². The summed E-state index contributed by atoms with van der Waals surface area (Å²) < 4.78 is 30.2. The number of rotatable bonds is 6. The van der Waals surface area contributed by atoms with E-state index in [0.29, 0.717) is 36.7 Å². The number of hydrogen-bond acceptors (Lipinski definition) is 5. The maximum atomic E-state index is 12.8. The van der Waals surface area contributed by atoms with Crippen molar-refractivity contribution in [3.8, 4) is 0 Å². The Morgan fingerprint density at radius 1 is 0.966 bits per heavy atom. The summed E-state index contributed by atoms with van der Waals surface area (Å²) in [5.74, 6) is 0. The summed E-state index contributed by atoms with van der Waals surface area (Å²) in [4.78, 5) is 12.6. The Bertz CT molecular complexity index is 1130. The molecule has 0 unspecified atom stereocenters. The summed E-state index contributed by atoms with van der Waals surface area (Å²) in [6.07, 6.45) is 5.70. The van der Waals surface area contributed by atoms with Crippen LogP contribution in [0.4, 0.5) is 5.69 Å². The van der Waals surface area contributed by atoms with Crippen molar-refractivity contribution < 1.29 is 8.42 Å². The molecule has 3 aromatic rings. The highest BCUT2D eigenvalue weighted by atomic mass is 32.2. The predicted molar refractivity (Wildman–Crippen MR) is 112 cm³/mol. The highest BCUT2D eigenvalue weighted by molar-refractivity contribution is 7.89. The molecule has 154 valence electrons. The first-order chi connectivity index (χ1) is 14.1. The van der Waals surface area contributed by atoms with Crippen LogP contribution < -0.4 is 11.0 Å². The summed E-state index contributed by atoms with van der Waals surface area (Å²) in [7, 11) is -3.44. The predicted octanol–water partition coefficient (Wildman–Crippen LogP) is 2.17. The van der Waals surface area contributed by atoms with Gasteiger partial charge in [-0.2, -0.15) is 4.31 Å². The zero-order valence-corrected chi connectivity index (χ0v) is 17.0. The van der Waals surface area contributed by atoms with Crippen LogP contribution in [0, 0.1) is 0 Å². The first-order valence-corrected chi connectivity index (χ1v) is 11.4. The molecule has 0 amide bonds. The average molecular weight is 416 g/mol. The SMILES string of the molecule is O=c1n(CCNc2ccc(S(=O)(=O)N3CCCCCC3)cc2)nc2ccccn12. The molecule has 4 rings (SSSR count). The molecule has 1 aliphatic heterocycles. The molecule has 0 radical (unpaired) electrons. The highest BCUT2D eigenvalue weighted by Gasteiger charge is 2.24. The molecule has 8 nitrogen and oxygen atoms in total. The normalized spacial score (nSPS) is 16.0. The minimum atomic E-state index is -3.44. The molecule has 0 saturated carbocycles. The van der Waals surface area contributed by atoms with Crippen molar-refractivity contribution in [1.82, 2.24) is 18.5 Å². The number of nitrogens with one attached hydrogen (secondary N) is 1. The van der Waals surface area contributed by atoms with Gasteiger partial charge in [0.15, 0.2) is 5.65 Å². The molecule has 1 aliphatic rings. The molecule has 29 heavy (non-hydrogen) atoms. The molecule has 1 fully saturated rings. The third kappa shape index (κ3) is 4.20. The maximum Gasteiger partial charge on any atom is 0.350 e. The molecular weight excluding hydrogens is 390 g/mol. The lowest BCUT2D eigenvalue weighted by Gasteiger charge is -2.20. The van der Waals surface area contributed by atoms with Crippen LogP contribution in [-0.2, 0) is 16.6 Å². The number of benzene rings is 1. The van der Waals surface area contributed by atoms with Gasteiger partial charge in [0.1, 0.15) is 0 Å². The fourth-order valence-corrected chi connectivity index (χ4v) is 5.11. The Hall–Kier alpha value is -2.65. The topological polar surface area (TPSA) is 88.7 Å². The zero-order chi connectivity index (χ0) is 20.3. The Labute approximate surface area is 169 Å². The van der Waals surface area contributed by atoms with Crippen molar-refractivity contribution in [3.63, 3.8) is 0 Å². The van der Waals surface area contributed by atoms with Gasteiger partial charge in [-0.15, -0.1) is 5.10 Å². The lowest BCUT2D eigenvalue weighted by molar-refractivity contribution is 0.424. The Morgan fingerprint density at radius 3 is 2.38 bits per heavy atom. The van der Waals surface area contributed by atoms with Crippen molar-refractivity contribution in [2.45, 2.75) is 37.1 Å². The van der Waals surface area contributed by atoms with Gasteiger partial charge in [0, 0.05) is 31.5 Å². The molecular formula is C20H25N5O3S. The van der Waals surface area contributed by atoms with E-state index in [-0.39, 0.29) is 5.69 Å². The molecule has 2 aromatic heterocycles. The first-order valence-electron chi connectivity index (χ1n) is 9.94. The van der Waals surface area contributed by atoms with Gasteiger partial charge in [-0.3, -0.25) is 4.40 Å². The molecule has 0 spiro atoms. The van der Waals surface area contributed by atoms with Gasteiger partial charge in [-0.25, -0.2) is 17.9 Å². The van der Waals surface area contributed by atoms with Gasteiger partial charge in [0.2, 0.25) is 10.0 Å². The lowest BCUT2D eigenvalue weighted by Crippen LogP contribution is -2.31. The molecule has 1 saturated heterocycles. The molecule has 9 heteroatoms. The lowest BCUT2D eigenvalue weighted by atomic mass is 10.2. The fourth-order valence-electron chi connectivity index (χ4n) is 3.60. The summed E-state index contributed by atoms with van der Waals surface area (Å²) in [6, 6.07) is 12.2. The molecule has 3 heterocycles. The van der Waals surface area contributed by atoms with E-state index in [1.54, 1.807) is 46.9 Å². The average Bonchev–Trinajstić information content (AvgIpc) is 2.91. The summed E-state index contributed by atoms with van der Waals surface area (Å²) in [5, 5.41) is 7.51. The second-order valence-corrected chi connectivity index (χ2v) is 9.14. The Morgan fingerprint density at radius 2 is 1.69 bits per heavy atom. The number of fused-ring (bicyclic) bond motifs is 1. The largest absolute Gasteiger partial charge is 0.383 e. The van der Waals surface area contributed by atoms with Crippen LogP contribution in [0.3, 0.4) is 0 Å². The van der Waals surface area contributed by atoms with Crippen molar-refractivity contribution in [3.05, 3.63) is 59.1 Å². The molecule has 1 aromatic carbocycles. The van der Waals surface area contributed by atoms with Crippen LogP contribution in [0.5, 0.6) is 0 Å². The van der Waals surface area contributed by atoms with E-state index in [1.807, 2.05) is 6.07 Å². The monoisotopic (exact) mass is 415 g/mol. The number of anilines is 1. The zero-order valence-electron chi connectivity index (χ0n) is 16.2. The Balaban J connectivity index is 1.39. The molecule has 1 N–H and O–H groups in total. The van der Waals surface area contributed by atoms with E-state index >= 15 is 0 Å². The van der Waals surface area contributed by atoms with E-state index in [1.165, 1.54) is 9.08 Å². The third-order valence-electron chi connectivity index (χ3n) is 5.20. The highest BCUT2D eigenvalue weighted by Crippen LogP contribution is 2.21. The van der Waals surface area contributed by atoms with Crippen molar-refractivity contribution in [2.75, 3.05) is 25.0 Å². The van der Waals surface area contributed by atoms with Crippen LogP contribution in [0.15, 0.2) is 58.4 Å².